The SMILES string of the molecule is CCNC(=NCc1ccc(-n2ccnc2)nc1)NC1CCCCC1.I. The molecule has 0 aromatic carbocycles. The molecule has 7 heteroatoms. The monoisotopic (exact) mass is 454 g/mol. The minimum absolute atomic E-state index is 0. The maximum absolute atomic E-state index is 4.71. The predicted molar refractivity (Wildman–Crippen MR) is 112 cm³/mol. The molecule has 2 aromatic heterocycles. The fourth-order valence-corrected chi connectivity index (χ4v) is 2.99. The van der Waals surface area contributed by atoms with E-state index >= 15 is 0 Å². The average Bonchev–Trinajstić information content (AvgIpc) is 3.16. The lowest BCUT2D eigenvalue weighted by Crippen LogP contribution is -2.44. The van der Waals surface area contributed by atoms with E-state index < -0.39 is 0 Å². The number of pyridine rings is 1. The quantitative estimate of drug-likeness (QED) is 0.414. The van der Waals surface area contributed by atoms with Gasteiger partial charge >= 0.3 is 0 Å². The number of hydrogen-bond acceptors (Lipinski definition) is 3. The number of nitrogens with zero attached hydrogens (tertiary/aromatic N) is 4. The Morgan fingerprint density at radius 2 is 2.12 bits per heavy atom. The van der Waals surface area contributed by atoms with Crippen molar-refractivity contribution in [3.8, 4) is 5.82 Å². The number of aliphatic imine (C=N–C) groups is 1. The molecule has 0 spiro atoms. The van der Waals surface area contributed by atoms with Crippen LogP contribution in [-0.4, -0.2) is 33.1 Å². The van der Waals surface area contributed by atoms with Gasteiger partial charge in [0.05, 0.1) is 6.54 Å². The van der Waals surface area contributed by atoms with Crippen LogP contribution >= 0.6 is 24.0 Å². The van der Waals surface area contributed by atoms with Gasteiger partial charge in [-0.15, -0.1) is 24.0 Å². The van der Waals surface area contributed by atoms with Crippen molar-refractivity contribution < 1.29 is 0 Å². The highest BCUT2D eigenvalue weighted by Gasteiger charge is 2.14. The summed E-state index contributed by atoms with van der Waals surface area (Å²) in [5.74, 6) is 1.77. The van der Waals surface area contributed by atoms with Crippen LogP contribution in [0.15, 0.2) is 42.0 Å². The summed E-state index contributed by atoms with van der Waals surface area (Å²) in [5, 5.41) is 6.91. The van der Waals surface area contributed by atoms with Crippen LogP contribution in [0.2, 0.25) is 0 Å². The molecule has 0 unspecified atom stereocenters. The Morgan fingerprint density at radius 1 is 1.28 bits per heavy atom. The molecule has 0 radical (unpaired) electrons. The smallest absolute Gasteiger partial charge is 0.191 e. The third-order valence-electron chi connectivity index (χ3n) is 4.29. The van der Waals surface area contributed by atoms with Gasteiger partial charge in [-0.25, -0.2) is 15.0 Å². The van der Waals surface area contributed by atoms with Crippen LogP contribution in [0, 0.1) is 0 Å². The Labute approximate surface area is 166 Å². The van der Waals surface area contributed by atoms with Gasteiger partial charge in [-0.1, -0.05) is 25.3 Å². The van der Waals surface area contributed by atoms with Crippen molar-refractivity contribution in [1.82, 2.24) is 25.2 Å². The zero-order valence-corrected chi connectivity index (χ0v) is 17.0. The number of imidazole rings is 1. The molecule has 1 saturated carbocycles. The van der Waals surface area contributed by atoms with Crippen LogP contribution in [0.4, 0.5) is 0 Å². The average molecular weight is 454 g/mol. The second-order valence-electron chi connectivity index (χ2n) is 6.17. The van der Waals surface area contributed by atoms with Crippen LogP contribution in [0.5, 0.6) is 0 Å². The highest BCUT2D eigenvalue weighted by molar-refractivity contribution is 14.0. The number of halogens is 1. The second-order valence-corrected chi connectivity index (χ2v) is 6.17. The van der Waals surface area contributed by atoms with E-state index in [0.29, 0.717) is 12.6 Å². The van der Waals surface area contributed by atoms with Crippen molar-refractivity contribution in [2.45, 2.75) is 51.6 Å². The van der Waals surface area contributed by atoms with Crippen molar-refractivity contribution in [2.24, 2.45) is 4.99 Å². The molecule has 0 aliphatic heterocycles. The fourth-order valence-electron chi connectivity index (χ4n) is 2.99. The molecular weight excluding hydrogens is 427 g/mol. The molecule has 2 aromatic rings. The zero-order valence-electron chi connectivity index (χ0n) is 14.7. The Kier molecular flexibility index (Phi) is 8.17. The van der Waals surface area contributed by atoms with Crippen LogP contribution in [-0.2, 0) is 6.54 Å². The molecule has 0 saturated heterocycles. The van der Waals surface area contributed by atoms with E-state index in [0.717, 1.165) is 23.9 Å². The van der Waals surface area contributed by atoms with Crippen LogP contribution in [0.3, 0.4) is 0 Å². The van der Waals surface area contributed by atoms with Gasteiger partial charge in [0, 0.05) is 31.2 Å². The number of guanidine groups is 1. The van der Waals surface area contributed by atoms with E-state index in [2.05, 4.69) is 33.6 Å². The summed E-state index contributed by atoms with van der Waals surface area (Å²) in [6.07, 6.45) is 13.7. The molecule has 0 amide bonds. The first kappa shape index (κ1) is 19.7. The van der Waals surface area contributed by atoms with E-state index in [9.17, 15) is 0 Å². The van der Waals surface area contributed by atoms with Crippen molar-refractivity contribution in [3.05, 3.63) is 42.6 Å². The van der Waals surface area contributed by atoms with Crippen LogP contribution in [0.25, 0.3) is 5.82 Å². The lowest BCUT2D eigenvalue weighted by molar-refractivity contribution is 0.410. The summed E-state index contributed by atoms with van der Waals surface area (Å²) in [4.78, 5) is 13.2. The summed E-state index contributed by atoms with van der Waals surface area (Å²) < 4.78 is 1.89. The molecule has 1 aliphatic carbocycles. The van der Waals surface area contributed by atoms with Crippen molar-refractivity contribution >= 4 is 29.9 Å². The zero-order chi connectivity index (χ0) is 16.6. The number of aromatic nitrogens is 3. The van der Waals surface area contributed by atoms with Gasteiger partial charge in [-0.2, -0.15) is 0 Å². The number of rotatable bonds is 5. The van der Waals surface area contributed by atoms with Gasteiger partial charge in [-0.3, -0.25) is 4.57 Å². The normalized spacial score (nSPS) is 15.5. The summed E-state index contributed by atoms with van der Waals surface area (Å²) in [7, 11) is 0. The van der Waals surface area contributed by atoms with Crippen molar-refractivity contribution in [3.63, 3.8) is 0 Å². The van der Waals surface area contributed by atoms with Gasteiger partial charge in [-0.05, 0) is 31.4 Å². The first-order valence-electron chi connectivity index (χ1n) is 8.83. The summed E-state index contributed by atoms with van der Waals surface area (Å²) in [6.45, 7) is 3.59. The lowest BCUT2D eigenvalue weighted by Gasteiger charge is -2.24. The summed E-state index contributed by atoms with van der Waals surface area (Å²) >= 11 is 0. The Morgan fingerprint density at radius 3 is 2.76 bits per heavy atom. The van der Waals surface area contributed by atoms with Crippen LogP contribution in [0.1, 0.15) is 44.6 Å². The van der Waals surface area contributed by atoms with E-state index in [1.807, 2.05) is 23.0 Å². The number of nitrogens with one attached hydrogen (secondary N) is 2. The first-order valence-corrected chi connectivity index (χ1v) is 8.83. The fraction of sp³-hybridized carbons (Fsp3) is 0.500. The maximum Gasteiger partial charge on any atom is 0.191 e. The minimum Gasteiger partial charge on any atom is -0.357 e. The van der Waals surface area contributed by atoms with Gasteiger partial charge in [0.1, 0.15) is 12.1 Å². The minimum atomic E-state index is 0. The van der Waals surface area contributed by atoms with E-state index in [1.54, 1.807) is 12.5 Å². The lowest BCUT2D eigenvalue weighted by atomic mass is 9.96. The molecular formula is C18H27IN6. The predicted octanol–water partition coefficient (Wildman–Crippen LogP) is 3.27. The third kappa shape index (κ3) is 5.98. The molecule has 0 bridgehead atoms. The van der Waals surface area contributed by atoms with E-state index in [-0.39, 0.29) is 24.0 Å². The van der Waals surface area contributed by atoms with E-state index in [1.165, 1.54) is 32.1 Å². The molecule has 6 nitrogen and oxygen atoms in total. The standard InChI is InChI=1S/C18H26N6.HI/c1-2-20-18(23-16-6-4-3-5-7-16)22-13-15-8-9-17(21-12-15)24-11-10-19-14-24;/h8-12,14,16H,2-7,13H2,1H3,(H2,20,22,23);1H. The number of hydrogen-bond donors (Lipinski definition) is 2. The van der Waals surface area contributed by atoms with Gasteiger partial charge < -0.3 is 10.6 Å². The van der Waals surface area contributed by atoms with Crippen LogP contribution < -0.4 is 10.6 Å². The molecule has 136 valence electrons. The molecule has 1 aliphatic rings. The summed E-state index contributed by atoms with van der Waals surface area (Å²) in [6, 6.07) is 4.61. The van der Waals surface area contributed by atoms with Crippen molar-refractivity contribution in [1.29, 1.82) is 0 Å². The molecule has 2 N–H and O–H groups in total. The largest absolute Gasteiger partial charge is 0.357 e. The molecule has 25 heavy (non-hydrogen) atoms. The summed E-state index contributed by atoms with van der Waals surface area (Å²) in [5.41, 5.74) is 1.10. The third-order valence-corrected chi connectivity index (χ3v) is 4.29. The molecule has 1 fully saturated rings. The van der Waals surface area contributed by atoms with E-state index in [4.69, 9.17) is 4.99 Å². The maximum atomic E-state index is 4.71. The van der Waals surface area contributed by atoms with Gasteiger partial charge in [0.25, 0.3) is 0 Å². The molecule has 3 rings (SSSR count). The molecule has 2 heterocycles. The molecule has 0 atom stereocenters. The Bertz CT molecular complexity index is 632. The van der Waals surface area contributed by atoms with Gasteiger partial charge in [0.15, 0.2) is 5.96 Å². The Hall–Kier alpha value is -1.64. The van der Waals surface area contributed by atoms with Gasteiger partial charge in [0.2, 0.25) is 0 Å². The second kappa shape index (κ2) is 10.4. The first-order chi connectivity index (χ1) is 11.8. The Balaban J connectivity index is 0.00000225. The van der Waals surface area contributed by atoms with Crippen molar-refractivity contribution in [2.75, 3.05) is 6.54 Å². The highest BCUT2D eigenvalue weighted by atomic mass is 127. The topological polar surface area (TPSA) is 67.1 Å². The highest BCUT2D eigenvalue weighted by Crippen LogP contribution is 2.17.